The molecule has 0 aliphatic heterocycles. The first-order valence-electron chi connectivity index (χ1n) is 7.03. The molecule has 2 aromatic rings. The average Bonchev–Trinajstić information content (AvgIpc) is 2.68. The Morgan fingerprint density at radius 2 is 1.85 bits per heavy atom. The highest BCUT2D eigenvalue weighted by Crippen LogP contribution is 2.33. The van der Waals surface area contributed by atoms with Crippen molar-refractivity contribution in [3.05, 3.63) is 29.8 Å². The van der Waals surface area contributed by atoms with Crippen LogP contribution >= 0.6 is 0 Å². The standard InChI is InChI=1S/C16H24N4/c1-10(2)15-19-13(12-8-7-11(3)18-9-12)14(17)20(15)16(4,5)6/h7-10H,17H2,1-6H3. The third-order valence-electron chi connectivity index (χ3n) is 3.31. The van der Waals surface area contributed by atoms with Crippen LogP contribution in [0.15, 0.2) is 18.3 Å². The maximum Gasteiger partial charge on any atom is 0.132 e. The number of aromatic nitrogens is 3. The van der Waals surface area contributed by atoms with Crippen LogP contribution in [0.3, 0.4) is 0 Å². The van der Waals surface area contributed by atoms with Crippen LogP contribution in [-0.4, -0.2) is 14.5 Å². The van der Waals surface area contributed by atoms with Crippen molar-refractivity contribution >= 4 is 5.82 Å². The lowest BCUT2D eigenvalue weighted by atomic mass is 10.1. The molecule has 108 valence electrons. The zero-order valence-corrected chi connectivity index (χ0v) is 13.2. The van der Waals surface area contributed by atoms with Crippen LogP contribution < -0.4 is 5.73 Å². The summed E-state index contributed by atoms with van der Waals surface area (Å²) in [6.07, 6.45) is 1.84. The Morgan fingerprint density at radius 1 is 1.20 bits per heavy atom. The predicted octanol–water partition coefficient (Wildman–Crippen LogP) is 3.71. The fourth-order valence-electron chi connectivity index (χ4n) is 2.36. The van der Waals surface area contributed by atoms with E-state index in [-0.39, 0.29) is 5.54 Å². The van der Waals surface area contributed by atoms with Crippen molar-refractivity contribution in [3.8, 4) is 11.3 Å². The number of anilines is 1. The Bertz CT molecular complexity index is 601. The van der Waals surface area contributed by atoms with Crippen LogP contribution in [0.1, 0.15) is 52.1 Å². The summed E-state index contributed by atoms with van der Waals surface area (Å²) < 4.78 is 2.13. The predicted molar refractivity (Wildman–Crippen MR) is 83.7 cm³/mol. The Balaban J connectivity index is 2.64. The first-order chi connectivity index (χ1) is 9.21. The second-order valence-corrected chi connectivity index (χ2v) is 6.55. The molecule has 2 aromatic heterocycles. The Hall–Kier alpha value is -1.84. The van der Waals surface area contributed by atoms with Gasteiger partial charge in [0.05, 0.1) is 0 Å². The van der Waals surface area contributed by atoms with Gasteiger partial charge in [0, 0.05) is 28.9 Å². The molecule has 0 aliphatic rings. The number of hydrogen-bond donors (Lipinski definition) is 1. The molecule has 0 saturated carbocycles. The van der Waals surface area contributed by atoms with Crippen LogP contribution in [0.25, 0.3) is 11.3 Å². The molecule has 0 spiro atoms. The largest absolute Gasteiger partial charge is 0.383 e. The molecule has 2 heterocycles. The van der Waals surface area contributed by atoms with E-state index in [1.54, 1.807) is 0 Å². The van der Waals surface area contributed by atoms with Crippen LogP contribution in [0.5, 0.6) is 0 Å². The maximum atomic E-state index is 6.37. The van der Waals surface area contributed by atoms with Gasteiger partial charge >= 0.3 is 0 Å². The fraction of sp³-hybridized carbons (Fsp3) is 0.500. The molecule has 0 radical (unpaired) electrons. The van der Waals surface area contributed by atoms with Crippen molar-refractivity contribution in [1.29, 1.82) is 0 Å². The molecule has 0 aromatic carbocycles. The normalized spacial score (nSPS) is 12.2. The third-order valence-corrected chi connectivity index (χ3v) is 3.31. The van der Waals surface area contributed by atoms with Crippen LogP contribution in [0, 0.1) is 6.92 Å². The molecule has 2 N–H and O–H groups in total. The van der Waals surface area contributed by atoms with Gasteiger partial charge in [-0.1, -0.05) is 13.8 Å². The van der Waals surface area contributed by atoms with Gasteiger partial charge in [-0.05, 0) is 39.8 Å². The van der Waals surface area contributed by atoms with Gasteiger partial charge in [-0.3, -0.25) is 4.98 Å². The first kappa shape index (κ1) is 14.6. The number of nitrogens with two attached hydrogens (primary N) is 1. The summed E-state index contributed by atoms with van der Waals surface area (Å²) in [6, 6.07) is 4.01. The lowest BCUT2D eigenvalue weighted by Crippen LogP contribution is -2.26. The van der Waals surface area contributed by atoms with Crippen molar-refractivity contribution in [2.75, 3.05) is 5.73 Å². The summed E-state index contributed by atoms with van der Waals surface area (Å²) >= 11 is 0. The second kappa shape index (κ2) is 4.93. The maximum absolute atomic E-state index is 6.37. The monoisotopic (exact) mass is 272 g/mol. The lowest BCUT2D eigenvalue weighted by molar-refractivity contribution is 0.382. The zero-order valence-electron chi connectivity index (χ0n) is 13.2. The van der Waals surface area contributed by atoms with Gasteiger partial charge in [0.25, 0.3) is 0 Å². The molecule has 0 saturated heterocycles. The van der Waals surface area contributed by atoms with E-state index in [4.69, 9.17) is 10.7 Å². The molecule has 4 nitrogen and oxygen atoms in total. The van der Waals surface area contributed by atoms with Crippen molar-refractivity contribution < 1.29 is 0 Å². The molecule has 4 heteroatoms. The Morgan fingerprint density at radius 3 is 2.25 bits per heavy atom. The average molecular weight is 272 g/mol. The van der Waals surface area contributed by atoms with Gasteiger partial charge < -0.3 is 10.3 Å². The van der Waals surface area contributed by atoms with Crippen molar-refractivity contribution in [1.82, 2.24) is 14.5 Å². The topological polar surface area (TPSA) is 56.7 Å². The van der Waals surface area contributed by atoms with E-state index in [9.17, 15) is 0 Å². The molecule has 0 amide bonds. The summed E-state index contributed by atoms with van der Waals surface area (Å²) in [6.45, 7) is 12.7. The van der Waals surface area contributed by atoms with Gasteiger partial charge in [-0.25, -0.2) is 4.98 Å². The van der Waals surface area contributed by atoms with Gasteiger partial charge in [0.15, 0.2) is 0 Å². The van der Waals surface area contributed by atoms with Gasteiger partial charge in [-0.2, -0.15) is 0 Å². The van der Waals surface area contributed by atoms with E-state index < -0.39 is 0 Å². The van der Waals surface area contributed by atoms with E-state index in [2.05, 4.69) is 44.2 Å². The molecular weight excluding hydrogens is 248 g/mol. The lowest BCUT2D eigenvalue weighted by Gasteiger charge is -2.26. The Labute approximate surface area is 121 Å². The summed E-state index contributed by atoms with van der Waals surface area (Å²) in [5.41, 5.74) is 9.07. The van der Waals surface area contributed by atoms with Gasteiger partial charge in [-0.15, -0.1) is 0 Å². The van der Waals surface area contributed by atoms with E-state index in [0.717, 1.165) is 22.8 Å². The SMILES string of the molecule is Cc1ccc(-c2nc(C(C)C)n(C(C)(C)C)c2N)cn1. The molecule has 0 atom stereocenters. The molecule has 20 heavy (non-hydrogen) atoms. The van der Waals surface area contributed by atoms with E-state index >= 15 is 0 Å². The minimum absolute atomic E-state index is 0.0902. The van der Waals surface area contributed by atoms with Crippen molar-refractivity contribution in [3.63, 3.8) is 0 Å². The minimum atomic E-state index is -0.0902. The fourth-order valence-corrected chi connectivity index (χ4v) is 2.36. The van der Waals surface area contributed by atoms with E-state index in [0.29, 0.717) is 11.7 Å². The summed E-state index contributed by atoms with van der Waals surface area (Å²) in [4.78, 5) is 9.11. The highest BCUT2D eigenvalue weighted by molar-refractivity contribution is 5.70. The number of hydrogen-bond acceptors (Lipinski definition) is 3. The highest BCUT2D eigenvalue weighted by Gasteiger charge is 2.25. The van der Waals surface area contributed by atoms with Crippen molar-refractivity contribution in [2.24, 2.45) is 0 Å². The second-order valence-electron chi connectivity index (χ2n) is 6.55. The number of rotatable bonds is 2. The summed E-state index contributed by atoms with van der Waals surface area (Å²) in [5, 5.41) is 0. The molecule has 0 aliphatic carbocycles. The van der Waals surface area contributed by atoms with Crippen molar-refractivity contribution in [2.45, 2.75) is 53.0 Å². The first-order valence-corrected chi connectivity index (χ1v) is 7.03. The number of aryl methyl sites for hydroxylation is 1. The quantitative estimate of drug-likeness (QED) is 0.906. The molecule has 0 bridgehead atoms. The zero-order chi connectivity index (χ0) is 15.1. The van der Waals surface area contributed by atoms with E-state index in [1.807, 2.05) is 25.3 Å². The summed E-state index contributed by atoms with van der Waals surface area (Å²) in [7, 11) is 0. The third kappa shape index (κ3) is 2.55. The number of nitrogen functional groups attached to an aromatic ring is 1. The minimum Gasteiger partial charge on any atom is -0.383 e. The Kier molecular flexibility index (Phi) is 3.59. The number of imidazole rings is 1. The van der Waals surface area contributed by atoms with Crippen LogP contribution in [0.4, 0.5) is 5.82 Å². The smallest absolute Gasteiger partial charge is 0.132 e. The number of nitrogens with zero attached hydrogens (tertiary/aromatic N) is 3. The number of pyridine rings is 1. The summed E-state index contributed by atoms with van der Waals surface area (Å²) in [5.74, 6) is 2.06. The molecule has 2 rings (SSSR count). The van der Waals surface area contributed by atoms with Gasteiger partial charge in [0.2, 0.25) is 0 Å². The molecule has 0 unspecified atom stereocenters. The van der Waals surface area contributed by atoms with Crippen LogP contribution in [-0.2, 0) is 5.54 Å². The van der Waals surface area contributed by atoms with E-state index in [1.165, 1.54) is 0 Å². The van der Waals surface area contributed by atoms with Gasteiger partial charge in [0.1, 0.15) is 17.3 Å². The van der Waals surface area contributed by atoms with Crippen LogP contribution in [0.2, 0.25) is 0 Å². The molecular formula is C16H24N4. The highest BCUT2D eigenvalue weighted by atomic mass is 15.2. The molecule has 0 fully saturated rings.